The Morgan fingerprint density at radius 2 is 1.67 bits per heavy atom. The lowest BCUT2D eigenvalue weighted by Crippen LogP contribution is -2.30. The molecule has 0 bridgehead atoms. The van der Waals surface area contributed by atoms with Crippen LogP contribution in [0.25, 0.3) is 11.1 Å². The summed E-state index contributed by atoms with van der Waals surface area (Å²) in [5, 5.41) is 23.4. The molecule has 3 aromatic rings. The Balaban J connectivity index is 1.28. The number of rotatable bonds is 8. The zero-order chi connectivity index (χ0) is 23.4. The fourth-order valence-corrected chi connectivity index (χ4v) is 4.62. The van der Waals surface area contributed by atoms with Crippen LogP contribution in [0.4, 0.5) is 4.79 Å². The lowest BCUT2D eigenvalue weighted by molar-refractivity contribution is 0.0135. The summed E-state index contributed by atoms with van der Waals surface area (Å²) in [5.74, 6) is 0.554. The smallest absolute Gasteiger partial charge is 0.407 e. The molecular formula is C26H26BrNO5. The number of nitrogens with one attached hydrogen (secondary N) is 1. The number of alkyl carbamates (subject to hydrolysis) is 1. The molecule has 2 atom stereocenters. The Morgan fingerprint density at radius 3 is 2.30 bits per heavy atom. The number of halogens is 1. The number of benzene rings is 3. The Labute approximate surface area is 201 Å². The van der Waals surface area contributed by atoms with Crippen molar-refractivity contribution in [2.24, 2.45) is 0 Å². The van der Waals surface area contributed by atoms with Gasteiger partial charge in [0, 0.05) is 12.5 Å². The molecule has 3 N–H and O–H groups in total. The van der Waals surface area contributed by atoms with Gasteiger partial charge in [0.15, 0.2) is 0 Å². The molecular weight excluding hydrogens is 486 g/mol. The molecule has 0 aliphatic heterocycles. The van der Waals surface area contributed by atoms with Gasteiger partial charge in [-0.15, -0.1) is 0 Å². The van der Waals surface area contributed by atoms with Gasteiger partial charge in [-0.1, -0.05) is 54.6 Å². The molecule has 0 aromatic heterocycles. The maximum atomic E-state index is 12.3. The maximum absolute atomic E-state index is 12.3. The Hall–Kier alpha value is -2.87. The number of fused-ring (bicyclic) bond motifs is 3. The normalized spacial score (nSPS) is 14.2. The summed E-state index contributed by atoms with van der Waals surface area (Å²) in [6.45, 7) is 0.395. The fraction of sp³-hybridized carbons (Fsp3) is 0.269. The monoisotopic (exact) mass is 511 g/mol. The van der Waals surface area contributed by atoms with Crippen LogP contribution >= 0.6 is 15.9 Å². The highest BCUT2D eigenvalue weighted by atomic mass is 79.9. The van der Waals surface area contributed by atoms with E-state index in [2.05, 4.69) is 45.5 Å². The van der Waals surface area contributed by atoms with Crippen LogP contribution < -0.4 is 10.1 Å². The molecule has 7 heteroatoms. The zero-order valence-corrected chi connectivity index (χ0v) is 19.8. The van der Waals surface area contributed by atoms with Crippen LogP contribution in [0.3, 0.4) is 0 Å². The molecule has 172 valence electrons. The van der Waals surface area contributed by atoms with Crippen molar-refractivity contribution in [2.45, 2.75) is 24.5 Å². The van der Waals surface area contributed by atoms with Crippen LogP contribution in [0.2, 0.25) is 0 Å². The van der Waals surface area contributed by atoms with Crippen LogP contribution in [0, 0.1) is 0 Å². The van der Waals surface area contributed by atoms with Gasteiger partial charge in [-0.3, -0.25) is 0 Å². The van der Waals surface area contributed by atoms with Gasteiger partial charge in [0.05, 0.1) is 17.7 Å². The van der Waals surface area contributed by atoms with Crippen molar-refractivity contribution >= 4 is 22.0 Å². The number of hydrogen-bond donors (Lipinski definition) is 3. The summed E-state index contributed by atoms with van der Waals surface area (Å²) < 4.78 is 11.5. The quantitative estimate of drug-likeness (QED) is 0.405. The van der Waals surface area contributed by atoms with E-state index in [-0.39, 0.29) is 25.5 Å². The third-order valence-electron chi connectivity index (χ3n) is 5.93. The third-order valence-corrected chi connectivity index (χ3v) is 6.59. The van der Waals surface area contributed by atoms with E-state index in [4.69, 9.17) is 9.47 Å². The van der Waals surface area contributed by atoms with E-state index in [9.17, 15) is 15.0 Å². The number of hydrogen-bond acceptors (Lipinski definition) is 5. The van der Waals surface area contributed by atoms with Crippen molar-refractivity contribution in [3.05, 3.63) is 87.9 Å². The molecule has 1 aliphatic carbocycles. The second-order valence-corrected chi connectivity index (χ2v) is 8.80. The molecule has 0 spiro atoms. The summed E-state index contributed by atoms with van der Waals surface area (Å²) in [6.07, 6.45) is -2.53. The molecule has 0 fully saturated rings. The lowest BCUT2D eigenvalue weighted by Gasteiger charge is -2.19. The van der Waals surface area contributed by atoms with Crippen LogP contribution in [-0.4, -0.2) is 42.7 Å². The first-order chi connectivity index (χ1) is 16.0. The van der Waals surface area contributed by atoms with Gasteiger partial charge in [0.2, 0.25) is 0 Å². The van der Waals surface area contributed by atoms with Gasteiger partial charge in [-0.05, 0) is 62.3 Å². The van der Waals surface area contributed by atoms with Crippen molar-refractivity contribution in [1.29, 1.82) is 0 Å². The first kappa shape index (κ1) is 23.3. The molecule has 1 aliphatic rings. The van der Waals surface area contributed by atoms with Gasteiger partial charge in [-0.2, -0.15) is 0 Å². The lowest BCUT2D eigenvalue weighted by atomic mass is 9.98. The molecule has 0 saturated heterocycles. The highest BCUT2D eigenvalue weighted by Gasteiger charge is 2.29. The molecule has 2 unspecified atom stereocenters. The van der Waals surface area contributed by atoms with Crippen molar-refractivity contribution in [3.63, 3.8) is 0 Å². The maximum Gasteiger partial charge on any atom is 0.407 e. The number of aliphatic hydroxyl groups excluding tert-OH is 2. The van der Waals surface area contributed by atoms with Crippen LogP contribution in [0.15, 0.2) is 71.2 Å². The van der Waals surface area contributed by atoms with Crippen LogP contribution in [0.5, 0.6) is 5.75 Å². The van der Waals surface area contributed by atoms with E-state index in [0.717, 1.165) is 15.6 Å². The third kappa shape index (κ3) is 5.05. The number of carbonyl (C=O) groups excluding carboxylic acids is 1. The minimum Gasteiger partial charge on any atom is -0.496 e. The average molecular weight is 512 g/mol. The highest BCUT2D eigenvalue weighted by Crippen LogP contribution is 2.44. The average Bonchev–Trinajstić information content (AvgIpc) is 3.16. The van der Waals surface area contributed by atoms with Crippen LogP contribution in [0.1, 0.15) is 35.1 Å². The Kier molecular flexibility index (Phi) is 7.33. The topological polar surface area (TPSA) is 88.0 Å². The van der Waals surface area contributed by atoms with Crippen molar-refractivity contribution in [2.75, 3.05) is 20.3 Å². The summed E-state index contributed by atoms with van der Waals surface area (Å²) >= 11 is 3.36. The first-order valence-corrected chi connectivity index (χ1v) is 11.6. The van der Waals surface area contributed by atoms with E-state index >= 15 is 0 Å². The number of carbonyl (C=O) groups is 1. The minimum atomic E-state index is -1.10. The summed E-state index contributed by atoms with van der Waals surface area (Å²) in [6, 6.07) is 21.4. The molecule has 0 saturated carbocycles. The second kappa shape index (κ2) is 10.4. The molecule has 6 nitrogen and oxygen atoms in total. The molecule has 0 radical (unpaired) electrons. The standard InChI is InChI=1S/C26H26BrNO5/c1-32-24-14-16(10-11-22(24)27)25(30)23(29)12-13-28-26(31)33-15-21-19-8-4-2-6-17(19)18-7-3-5-9-20(18)21/h2-11,14,21,23,25,29-30H,12-13,15H2,1H3,(H,28,31). The van der Waals surface area contributed by atoms with Gasteiger partial charge in [-0.25, -0.2) is 4.79 Å². The summed E-state index contributed by atoms with van der Waals surface area (Å²) in [5.41, 5.74) is 5.17. The molecule has 1 amide bonds. The van der Waals surface area contributed by atoms with E-state index in [0.29, 0.717) is 11.3 Å². The van der Waals surface area contributed by atoms with Gasteiger partial charge in [0.25, 0.3) is 0 Å². The second-order valence-electron chi connectivity index (χ2n) is 7.95. The number of ether oxygens (including phenoxy) is 2. The van der Waals surface area contributed by atoms with E-state index in [1.807, 2.05) is 24.3 Å². The van der Waals surface area contributed by atoms with E-state index < -0.39 is 18.3 Å². The molecule has 4 rings (SSSR count). The zero-order valence-electron chi connectivity index (χ0n) is 18.2. The first-order valence-electron chi connectivity index (χ1n) is 10.8. The van der Waals surface area contributed by atoms with Crippen molar-refractivity contribution < 1.29 is 24.5 Å². The van der Waals surface area contributed by atoms with Gasteiger partial charge >= 0.3 is 6.09 Å². The number of aliphatic hydroxyl groups is 2. The van der Waals surface area contributed by atoms with Gasteiger partial charge in [0.1, 0.15) is 18.5 Å². The summed E-state index contributed by atoms with van der Waals surface area (Å²) in [7, 11) is 1.53. The van der Waals surface area contributed by atoms with Crippen LogP contribution in [-0.2, 0) is 4.74 Å². The summed E-state index contributed by atoms with van der Waals surface area (Å²) in [4.78, 5) is 12.3. The Bertz CT molecular complexity index is 1090. The minimum absolute atomic E-state index is 0.0112. The van der Waals surface area contributed by atoms with Crippen molar-refractivity contribution in [3.8, 4) is 16.9 Å². The van der Waals surface area contributed by atoms with E-state index in [1.54, 1.807) is 18.2 Å². The predicted molar refractivity (Wildman–Crippen MR) is 129 cm³/mol. The van der Waals surface area contributed by atoms with E-state index in [1.165, 1.54) is 18.2 Å². The predicted octanol–water partition coefficient (Wildman–Crippen LogP) is 4.78. The van der Waals surface area contributed by atoms with Gasteiger partial charge < -0.3 is 25.0 Å². The largest absolute Gasteiger partial charge is 0.496 e. The van der Waals surface area contributed by atoms with Crippen molar-refractivity contribution in [1.82, 2.24) is 5.32 Å². The number of amides is 1. The number of methoxy groups -OCH3 is 1. The SMILES string of the molecule is COc1cc(C(O)C(O)CCNC(=O)OCC2c3ccccc3-c3ccccc32)ccc1Br. The Morgan fingerprint density at radius 1 is 1.03 bits per heavy atom. The fourth-order valence-electron chi connectivity index (χ4n) is 4.21. The molecule has 33 heavy (non-hydrogen) atoms. The molecule has 0 heterocycles. The highest BCUT2D eigenvalue weighted by molar-refractivity contribution is 9.10. The molecule has 3 aromatic carbocycles.